The van der Waals surface area contributed by atoms with Gasteiger partial charge in [0.2, 0.25) is 0 Å². The van der Waals surface area contributed by atoms with Crippen molar-refractivity contribution < 1.29 is 9.18 Å². The maximum absolute atomic E-state index is 13.5. The molecule has 0 bridgehead atoms. The maximum atomic E-state index is 13.5. The third-order valence-corrected chi connectivity index (χ3v) is 2.68. The first-order valence-electron chi connectivity index (χ1n) is 5.30. The summed E-state index contributed by atoms with van der Waals surface area (Å²) in [5, 5.41) is 2.48. The van der Waals surface area contributed by atoms with Crippen LogP contribution in [0.15, 0.2) is 36.5 Å². The van der Waals surface area contributed by atoms with E-state index < -0.39 is 11.7 Å². The number of halogens is 2. The van der Waals surface area contributed by atoms with Crippen LogP contribution in [0.25, 0.3) is 0 Å². The molecule has 19 heavy (non-hydrogen) atoms. The Morgan fingerprint density at radius 3 is 2.84 bits per heavy atom. The van der Waals surface area contributed by atoms with Gasteiger partial charge in [0, 0.05) is 6.20 Å². The van der Waals surface area contributed by atoms with Gasteiger partial charge in [0.1, 0.15) is 11.5 Å². The van der Waals surface area contributed by atoms with Crippen molar-refractivity contribution in [2.45, 2.75) is 0 Å². The van der Waals surface area contributed by atoms with Gasteiger partial charge in [-0.2, -0.15) is 0 Å². The molecule has 0 unspecified atom stereocenters. The number of carbonyl (C=O) groups excluding carboxylic acids is 1. The first-order valence-corrected chi connectivity index (χ1v) is 5.67. The van der Waals surface area contributed by atoms with E-state index in [-0.39, 0.29) is 16.4 Å². The summed E-state index contributed by atoms with van der Waals surface area (Å²) in [4.78, 5) is 15.8. The number of nitrogens with two attached hydrogens (primary N) is 1. The van der Waals surface area contributed by atoms with Gasteiger partial charge in [0.15, 0.2) is 0 Å². The molecule has 98 valence electrons. The second-order valence-corrected chi connectivity index (χ2v) is 4.03. The Hall–Kier alpha value is -2.18. The molecule has 0 radical (unpaired) electrons. The van der Waals surface area contributed by atoms with Crippen LogP contribution in [0.1, 0.15) is 10.5 Å². The predicted octanol–water partition coefficient (Wildman–Crippen LogP) is 2.41. The third kappa shape index (κ3) is 2.98. The maximum Gasteiger partial charge on any atom is 0.274 e. The zero-order chi connectivity index (χ0) is 13.8. The molecule has 1 amide bonds. The smallest absolute Gasteiger partial charge is 0.274 e. The van der Waals surface area contributed by atoms with Crippen LogP contribution in [-0.4, -0.2) is 10.9 Å². The zero-order valence-corrected chi connectivity index (χ0v) is 10.4. The lowest BCUT2D eigenvalue weighted by Crippen LogP contribution is -2.16. The number of nitrogen functional groups attached to an aromatic ring is 1. The van der Waals surface area contributed by atoms with E-state index >= 15 is 0 Å². The van der Waals surface area contributed by atoms with Crippen molar-refractivity contribution in [2.24, 2.45) is 5.84 Å². The number of hydrogen-bond donors (Lipinski definition) is 3. The standard InChI is InChI=1S/C12H10ClFN4O/c13-8-2-1-3-9(14)11(8)17-12(19)10-6-7(18-15)4-5-16-10/h1-6H,15H2,(H,16,18)(H,17,19). The minimum Gasteiger partial charge on any atom is -0.324 e. The van der Waals surface area contributed by atoms with E-state index in [2.05, 4.69) is 15.7 Å². The number of rotatable bonds is 3. The van der Waals surface area contributed by atoms with Gasteiger partial charge in [-0.25, -0.2) is 4.39 Å². The fourth-order valence-electron chi connectivity index (χ4n) is 1.44. The molecule has 0 fully saturated rings. The van der Waals surface area contributed by atoms with Crippen molar-refractivity contribution in [1.82, 2.24) is 4.98 Å². The number of anilines is 2. The van der Waals surface area contributed by atoms with Gasteiger partial charge in [-0.1, -0.05) is 17.7 Å². The van der Waals surface area contributed by atoms with Crippen LogP contribution in [0.3, 0.4) is 0 Å². The van der Waals surface area contributed by atoms with Crippen molar-refractivity contribution in [3.05, 3.63) is 53.1 Å². The highest BCUT2D eigenvalue weighted by atomic mass is 35.5. The highest BCUT2D eigenvalue weighted by Gasteiger charge is 2.13. The molecule has 2 rings (SSSR count). The molecule has 0 saturated heterocycles. The molecule has 1 aromatic carbocycles. The van der Waals surface area contributed by atoms with E-state index in [9.17, 15) is 9.18 Å². The zero-order valence-electron chi connectivity index (χ0n) is 9.65. The average molecular weight is 281 g/mol. The number of nitrogens with zero attached hydrogens (tertiary/aromatic N) is 1. The summed E-state index contributed by atoms with van der Waals surface area (Å²) in [5.41, 5.74) is 2.91. The van der Waals surface area contributed by atoms with Crippen LogP contribution in [0.5, 0.6) is 0 Å². The number of pyridine rings is 1. The Labute approximate surface area is 113 Å². The highest BCUT2D eigenvalue weighted by Crippen LogP contribution is 2.25. The number of aromatic nitrogens is 1. The number of hydrogen-bond acceptors (Lipinski definition) is 4. The molecule has 7 heteroatoms. The van der Waals surface area contributed by atoms with Gasteiger partial charge < -0.3 is 10.7 Å². The average Bonchev–Trinajstić information content (AvgIpc) is 2.43. The van der Waals surface area contributed by atoms with Crippen LogP contribution in [0.4, 0.5) is 15.8 Å². The van der Waals surface area contributed by atoms with Gasteiger partial charge in [-0.05, 0) is 24.3 Å². The SMILES string of the molecule is NNc1ccnc(C(=O)Nc2c(F)cccc2Cl)c1. The Morgan fingerprint density at radius 2 is 2.16 bits per heavy atom. The van der Waals surface area contributed by atoms with Crippen molar-refractivity contribution >= 4 is 28.9 Å². The van der Waals surface area contributed by atoms with Gasteiger partial charge >= 0.3 is 0 Å². The summed E-state index contributed by atoms with van der Waals surface area (Å²) < 4.78 is 13.5. The quantitative estimate of drug-likeness (QED) is 0.596. The van der Waals surface area contributed by atoms with E-state index in [1.54, 1.807) is 6.07 Å². The second kappa shape index (κ2) is 5.64. The summed E-state index contributed by atoms with van der Waals surface area (Å²) in [5.74, 6) is 4.03. The Balaban J connectivity index is 2.25. The summed E-state index contributed by atoms with van der Waals surface area (Å²) in [6.45, 7) is 0. The Bertz CT molecular complexity index is 600. The predicted molar refractivity (Wildman–Crippen MR) is 71.4 cm³/mol. The number of carbonyl (C=O) groups is 1. The van der Waals surface area contributed by atoms with Gasteiger partial charge in [-0.15, -0.1) is 0 Å². The van der Waals surface area contributed by atoms with E-state index in [1.165, 1.54) is 30.5 Å². The Morgan fingerprint density at radius 1 is 1.37 bits per heavy atom. The molecular formula is C12H10ClFN4O. The Kier molecular flexibility index (Phi) is 3.94. The molecule has 2 aromatic rings. The molecule has 0 aliphatic rings. The normalized spacial score (nSPS) is 10.1. The van der Waals surface area contributed by atoms with Gasteiger partial charge in [-0.3, -0.25) is 15.6 Å². The molecule has 1 heterocycles. The van der Waals surface area contributed by atoms with Crippen LogP contribution in [-0.2, 0) is 0 Å². The van der Waals surface area contributed by atoms with Gasteiger partial charge in [0.05, 0.1) is 16.4 Å². The molecule has 4 N–H and O–H groups in total. The van der Waals surface area contributed by atoms with Crippen molar-refractivity contribution in [2.75, 3.05) is 10.7 Å². The number of hydrazine groups is 1. The molecular weight excluding hydrogens is 271 g/mol. The first kappa shape index (κ1) is 13.3. The largest absolute Gasteiger partial charge is 0.324 e. The molecule has 0 atom stereocenters. The molecule has 0 spiro atoms. The van der Waals surface area contributed by atoms with E-state index in [1.807, 2.05) is 0 Å². The number of nitrogens with one attached hydrogen (secondary N) is 2. The monoisotopic (exact) mass is 280 g/mol. The number of benzene rings is 1. The summed E-state index contributed by atoms with van der Waals surface area (Å²) in [6, 6.07) is 7.15. The van der Waals surface area contributed by atoms with Gasteiger partial charge in [0.25, 0.3) is 5.91 Å². The van der Waals surface area contributed by atoms with Crippen molar-refractivity contribution in [3.63, 3.8) is 0 Å². The number of para-hydroxylation sites is 1. The van der Waals surface area contributed by atoms with Crippen molar-refractivity contribution in [3.8, 4) is 0 Å². The van der Waals surface area contributed by atoms with E-state index in [4.69, 9.17) is 17.4 Å². The molecule has 5 nitrogen and oxygen atoms in total. The lowest BCUT2D eigenvalue weighted by atomic mass is 10.2. The fraction of sp³-hybridized carbons (Fsp3) is 0. The second-order valence-electron chi connectivity index (χ2n) is 3.62. The van der Waals surface area contributed by atoms with Crippen LogP contribution >= 0.6 is 11.6 Å². The topological polar surface area (TPSA) is 80.0 Å². The summed E-state index contributed by atoms with van der Waals surface area (Å²) in [7, 11) is 0. The minimum absolute atomic E-state index is 0.0814. The minimum atomic E-state index is -0.617. The first-order chi connectivity index (χ1) is 9.11. The molecule has 1 aromatic heterocycles. The van der Waals surface area contributed by atoms with Crippen LogP contribution in [0, 0.1) is 5.82 Å². The lowest BCUT2D eigenvalue weighted by molar-refractivity contribution is 0.102. The third-order valence-electron chi connectivity index (χ3n) is 2.36. The summed E-state index contributed by atoms with van der Waals surface area (Å²) >= 11 is 5.81. The number of amides is 1. The highest BCUT2D eigenvalue weighted by molar-refractivity contribution is 6.33. The van der Waals surface area contributed by atoms with Crippen LogP contribution < -0.4 is 16.6 Å². The lowest BCUT2D eigenvalue weighted by Gasteiger charge is -2.08. The van der Waals surface area contributed by atoms with E-state index in [0.29, 0.717) is 5.69 Å². The molecule has 0 saturated carbocycles. The van der Waals surface area contributed by atoms with Crippen LogP contribution in [0.2, 0.25) is 5.02 Å². The molecule has 0 aliphatic heterocycles. The van der Waals surface area contributed by atoms with E-state index in [0.717, 1.165) is 0 Å². The molecule has 0 aliphatic carbocycles. The fourth-order valence-corrected chi connectivity index (χ4v) is 1.65. The van der Waals surface area contributed by atoms with Crippen molar-refractivity contribution in [1.29, 1.82) is 0 Å². The summed E-state index contributed by atoms with van der Waals surface area (Å²) in [6.07, 6.45) is 1.41.